The van der Waals surface area contributed by atoms with Crippen molar-refractivity contribution in [3.05, 3.63) is 22.6 Å². The van der Waals surface area contributed by atoms with E-state index >= 15 is 0 Å². The second-order valence-electron chi connectivity index (χ2n) is 4.58. The van der Waals surface area contributed by atoms with Gasteiger partial charge in [-0.05, 0) is 25.5 Å². The largest absolute Gasteiger partial charge is 0.376 e. The molecule has 0 spiro atoms. The summed E-state index contributed by atoms with van der Waals surface area (Å²) in [6.45, 7) is 2.61. The van der Waals surface area contributed by atoms with Gasteiger partial charge in [-0.3, -0.25) is 0 Å². The molecule has 1 aliphatic carbocycles. The topological polar surface area (TPSA) is 110 Å². The molecule has 0 aromatic carbocycles. The van der Waals surface area contributed by atoms with Crippen molar-refractivity contribution in [2.75, 3.05) is 11.9 Å². The molecule has 1 saturated carbocycles. The maximum Gasteiger partial charge on any atom is 0.364 e. The first-order valence-electron chi connectivity index (χ1n) is 6.27. The van der Waals surface area contributed by atoms with Crippen LogP contribution in [0.2, 0.25) is 0 Å². The van der Waals surface area contributed by atoms with E-state index in [0.717, 1.165) is 6.42 Å². The van der Waals surface area contributed by atoms with Gasteiger partial charge >= 0.3 is 5.69 Å². The molecule has 0 radical (unpaired) electrons. The SMILES string of the molecule is CCOC1CC(N)C1Nc1ccc2n[nH]c(=O)n2n1. The molecule has 8 nitrogen and oxygen atoms in total. The number of nitrogens with two attached hydrogens (primary N) is 1. The zero-order valence-corrected chi connectivity index (χ0v) is 10.5. The van der Waals surface area contributed by atoms with Gasteiger partial charge in [-0.1, -0.05) is 0 Å². The minimum Gasteiger partial charge on any atom is -0.376 e. The van der Waals surface area contributed by atoms with Crippen LogP contribution in [-0.2, 0) is 4.74 Å². The minimum atomic E-state index is -0.363. The fourth-order valence-electron chi connectivity index (χ4n) is 2.28. The molecule has 3 atom stereocenters. The Hall–Kier alpha value is -1.93. The molecule has 0 saturated heterocycles. The fourth-order valence-corrected chi connectivity index (χ4v) is 2.28. The maximum atomic E-state index is 11.4. The van der Waals surface area contributed by atoms with Crippen LogP contribution in [0.25, 0.3) is 5.65 Å². The Morgan fingerprint density at radius 1 is 1.63 bits per heavy atom. The monoisotopic (exact) mass is 264 g/mol. The molecule has 102 valence electrons. The van der Waals surface area contributed by atoms with Crippen molar-refractivity contribution >= 4 is 11.5 Å². The average molecular weight is 264 g/mol. The van der Waals surface area contributed by atoms with Crippen molar-refractivity contribution in [3.63, 3.8) is 0 Å². The summed E-state index contributed by atoms with van der Waals surface area (Å²) in [7, 11) is 0. The number of H-pyrrole nitrogens is 1. The predicted octanol–water partition coefficient (Wildman–Crippen LogP) is -0.666. The van der Waals surface area contributed by atoms with Crippen LogP contribution in [0.3, 0.4) is 0 Å². The molecular formula is C11H16N6O2. The van der Waals surface area contributed by atoms with Gasteiger partial charge in [0.05, 0.1) is 12.1 Å². The lowest BCUT2D eigenvalue weighted by molar-refractivity contribution is -0.0127. The smallest absolute Gasteiger partial charge is 0.364 e. The third-order valence-corrected chi connectivity index (χ3v) is 3.34. The van der Waals surface area contributed by atoms with Crippen LogP contribution in [-0.4, -0.2) is 44.6 Å². The molecule has 2 aromatic heterocycles. The Labute approximate surface area is 108 Å². The Balaban J connectivity index is 1.80. The molecule has 0 aliphatic heterocycles. The number of fused-ring (bicyclic) bond motifs is 1. The molecule has 8 heteroatoms. The second kappa shape index (κ2) is 4.63. The molecule has 4 N–H and O–H groups in total. The third kappa shape index (κ3) is 2.08. The van der Waals surface area contributed by atoms with Gasteiger partial charge in [-0.15, -0.1) is 5.10 Å². The zero-order valence-electron chi connectivity index (χ0n) is 10.5. The van der Waals surface area contributed by atoms with Gasteiger partial charge in [0.2, 0.25) is 0 Å². The van der Waals surface area contributed by atoms with Crippen LogP contribution in [0.15, 0.2) is 16.9 Å². The first-order chi connectivity index (χ1) is 9.19. The third-order valence-electron chi connectivity index (χ3n) is 3.34. The van der Waals surface area contributed by atoms with Crippen LogP contribution in [0.5, 0.6) is 0 Å². The standard InChI is InChI=1S/C11H16N6O2/c1-2-19-7-5-6(12)10(7)13-8-3-4-9-14-15-11(18)17(9)16-8/h3-4,6-7,10H,2,5,12H2,1H3,(H,13,16)(H,15,18). The number of ether oxygens (including phenoxy) is 1. The maximum absolute atomic E-state index is 11.4. The number of rotatable bonds is 4. The van der Waals surface area contributed by atoms with Crippen molar-refractivity contribution in [1.82, 2.24) is 19.8 Å². The normalized spacial score (nSPS) is 26.3. The average Bonchev–Trinajstić information content (AvgIpc) is 2.77. The number of nitrogens with one attached hydrogen (secondary N) is 2. The lowest BCUT2D eigenvalue weighted by Gasteiger charge is -2.42. The van der Waals surface area contributed by atoms with E-state index in [1.165, 1.54) is 4.52 Å². The predicted molar refractivity (Wildman–Crippen MR) is 69.0 cm³/mol. The zero-order chi connectivity index (χ0) is 13.4. The van der Waals surface area contributed by atoms with E-state index in [1.807, 2.05) is 6.92 Å². The van der Waals surface area contributed by atoms with Gasteiger partial charge in [0.1, 0.15) is 5.82 Å². The summed E-state index contributed by atoms with van der Waals surface area (Å²) < 4.78 is 6.78. The van der Waals surface area contributed by atoms with Gasteiger partial charge in [0.25, 0.3) is 0 Å². The number of hydrogen-bond acceptors (Lipinski definition) is 6. The summed E-state index contributed by atoms with van der Waals surface area (Å²) in [4.78, 5) is 11.4. The summed E-state index contributed by atoms with van der Waals surface area (Å²) in [6.07, 6.45) is 0.929. The Morgan fingerprint density at radius 2 is 2.47 bits per heavy atom. The number of nitrogens with zero attached hydrogens (tertiary/aromatic N) is 3. The lowest BCUT2D eigenvalue weighted by Crippen LogP contribution is -2.60. The highest BCUT2D eigenvalue weighted by Gasteiger charge is 2.39. The number of aromatic amines is 1. The van der Waals surface area contributed by atoms with Crippen LogP contribution < -0.4 is 16.7 Å². The highest BCUT2D eigenvalue weighted by molar-refractivity contribution is 5.44. The Bertz CT molecular complexity index is 633. The highest BCUT2D eigenvalue weighted by atomic mass is 16.5. The van der Waals surface area contributed by atoms with Gasteiger partial charge in [-0.2, -0.15) is 9.61 Å². The number of aromatic nitrogens is 4. The van der Waals surface area contributed by atoms with E-state index < -0.39 is 0 Å². The van der Waals surface area contributed by atoms with Crippen molar-refractivity contribution in [2.45, 2.75) is 31.5 Å². The summed E-state index contributed by atoms with van der Waals surface area (Å²) in [5.41, 5.74) is 6.07. The summed E-state index contributed by atoms with van der Waals surface area (Å²) >= 11 is 0. The van der Waals surface area contributed by atoms with E-state index in [0.29, 0.717) is 18.1 Å². The number of anilines is 1. The van der Waals surface area contributed by atoms with Gasteiger partial charge in [0, 0.05) is 12.6 Å². The number of hydrogen-bond donors (Lipinski definition) is 3. The van der Waals surface area contributed by atoms with Crippen molar-refractivity contribution < 1.29 is 4.74 Å². The van der Waals surface area contributed by atoms with Crippen LogP contribution >= 0.6 is 0 Å². The first-order valence-corrected chi connectivity index (χ1v) is 6.27. The van der Waals surface area contributed by atoms with Gasteiger partial charge < -0.3 is 15.8 Å². The molecular weight excluding hydrogens is 248 g/mol. The summed E-state index contributed by atoms with van der Waals surface area (Å²) in [6, 6.07) is 3.54. The van der Waals surface area contributed by atoms with Crippen molar-refractivity contribution in [3.8, 4) is 0 Å². The van der Waals surface area contributed by atoms with E-state index in [2.05, 4.69) is 20.6 Å². The van der Waals surface area contributed by atoms with Crippen molar-refractivity contribution in [1.29, 1.82) is 0 Å². The fraction of sp³-hybridized carbons (Fsp3) is 0.545. The quantitative estimate of drug-likeness (QED) is 0.675. The molecule has 3 unspecified atom stereocenters. The van der Waals surface area contributed by atoms with E-state index in [9.17, 15) is 4.79 Å². The molecule has 1 aliphatic rings. The van der Waals surface area contributed by atoms with Crippen LogP contribution in [0, 0.1) is 0 Å². The minimum absolute atomic E-state index is 0.0208. The summed E-state index contributed by atoms with van der Waals surface area (Å²) in [5.74, 6) is 0.584. The highest BCUT2D eigenvalue weighted by Crippen LogP contribution is 2.25. The summed E-state index contributed by atoms with van der Waals surface area (Å²) in [5, 5.41) is 13.5. The van der Waals surface area contributed by atoms with E-state index in [-0.39, 0.29) is 23.9 Å². The Kier molecular flexibility index (Phi) is 2.96. The van der Waals surface area contributed by atoms with Crippen molar-refractivity contribution in [2.24, 2.45) is 5.73 Å². The lowest BCUT2D eigenvalue weighted by atomic mass is 9.83. The van der Waals surface area contributed by atoms with E-state index in [1.54, 1.807) is 12.1 Å². The Morgan fingerprint density at radius 3 is 3.21 bits per heavy atom. The molecule has 3 rings (SSSR count). The van der Waals surface area contributed by atoms with Gasteiger partial charge in [-0.25, -0.2) is 9.89 Å². The van der Waals surface area contributed by atoms with Gasteiger partial charge in [0.15, 0.2) is 5.65 Å². The molecule has 0 amide bonds. The van der Waals surface area contributed by atoms with E-state index in [4.69, 9.17) is 10.5 Å². The second-order valence-corrected chi connectivity index (χ2v) is 4.58. The molecule has 2 aromatic rings. The van der Waals surface area contributed by atoms with Crippen LogP contribution in [0.4, 0.5) is 5.82 Å². The molecule has 1 fully saturated rings. The molecule has 2 heterocycles. The first kappa shape index (κ1) is 12.1. The molecule has 19 heavy (non-hydrogen) atoms. The van der Waals surface area contributed by atoms with Crippen LogP contribution in [0.1, 0.15) is 13.3 Å². The molecule has 0 bridgehead atoms.